The maximum absolute atomic E-state index is 10.5. The molecule has 0 aliphatic carbocycles. The van der Waals surface area contributed by atoms with Crippen molar-refractivity contribution in [2.75, 3.05) is 19.6 Å². The Morgan fingerprint density at radius 3 is 2.47 bits per heavy atom. The third-order valence-electron chi connectivity index (χ3n) is 2.80. The highest BCUT2D eigenvalue weighted by Gasteiger charge is 2.17. The van der Waals surface area contributed by atoms with Gasteiger partial charge in [0.2, 0.25) is 0 Å². The summed E-state index contributed by atoms with van der Waals surface area (Å²) >= 11 is 0. The Hall–Kier alpha value is -1.05. The molecule has 0 unspecified atom stereocenters. The molecule has 1 fully saturated rings. The van der Waals surface area contributed by atoms with Gasteiger partial charge in [-0.15, -0.1) is 4.28 Å². The molecule has 0 aromatic rings. The van der Waals surface area contributed by atoms with E-state index in [1.54, 1.807) is 6.08 Å². The van der Waals surface area contributed by atoms with Gasteiger partial charge in [-0.05, 0) is 31.4 Å². The Morgan fingerprint density at radius 1 is 1.24 bits per heavy atom. The number of hydrogen-bond acceptors (Lipinski definition) is 5. The molecule has 0 radical (unpaired) electrons. The minimum atomic E-state index is -4.43. The highest BCUT2D eigenvalue weighted by atomic mass is 32.3. The number of likely N-dealkylation sites (tertiary alicyclic amines) is 1. The van der Waals surface area contributed by atoms with Crippen molar-refractivity contribution in [2.45, 2.75) is 19.3 Å². The summed E-state index contributed by atoms with van der Waals surface area (Å²) in [7, 11) is -4.43. The van der Waals surface area contributed by atoms with E-state index in [0.717, 1.165) is 23.8 Å². The average molecular weight is 260 g/mol. The van der Waals surface area contributed by atoms with Crippen LogP contribution >= 0.6 is 0 Å². The lowest BCUT2D eigenvalue weighted by atomic mass is 10.1. The molecule has 96 valence electrons. The third-order valence-corrected chi connectivity index (χ3v) is 3.18. The van der Waals surface area contributed by atoms with E-state index in [0.29, 0.717) is 6.54 Å². The quantitative estimate of drug-likeness (QED) is 0.761. The topological polar surface area (TPSA) is 70.1 Å². The van der Waals surface area contributed by atoms with E-state index in [4.69, 9.17) is 4.55 Å². The number of nitrogens with zero attached hydrogens (tertiary/aromatic N) is 2. The fourth-order valence-electron chi connectivity index (χ4n) is 2.03. The summed E-state index contributed by atoms with van der Waals surface area (Å²) in [5.41, 5.74) is 1.08. The van der Waals surface area contributed by atoms with Gasteiger partial charge >= 0.3 is 10.4 Å². The maximum Gasteiger partial charge on any atom is 0.418 e. The summed E-state index contributed by atoms with van der Waals surface area (Å²) in [5, 5.41) is 1.07. The van der Waals surface area contributed by atoms with Crippen LogP contribution in [0.4, 0.5) is 0 Å². The van der Waals surface area contributed by atoms with Gasteiger partial charge in [0.1, 0.15) is 0 Å². The molecule has 0 saturated carbocycles. The van der Waals surface area contributed by atoms with E-state index in [2.05, 4.69) is 9.18 Å². The molecule has 7 heteroatoms. The first kappa shape index (κ1) is 12.4. The zero-order valence-electron chi connectivity index (χ0n) is 9.45. The van der Waals surface area contributed by atoms with Gasteiger partial charge < -0.3 is 4.90 Å². The lowest BCUT2D eigenvalue weighted by Crippen LogP contribution is -2.32. The molecule has 0 spiro atoms. The zero-order chi connectivity index (χ0) is 12.3. The molecule has 2 aliphatic heterocycles. The Kier molecular flexibility index (Phi) is 3.70. The molecule has 0 aromatic heterocycles. The summed E-state index contributed by atoms with van der Waals surface area (Å²) in [6, 6.07) is 0. The molecule has 2 heterocycles. The minimum absolute atomic E-state index is 0.308. The number of allylic oxidation sites excluding steroid dienone is 1. The van der Waals surface area contributed by atoms with Crippen LogP contribution in [0.1, 0.15) is 19.3 Å². The molecular weight excluding hydrogens is 244 g/mol. The third kappa shape index (κ3) is 3.72. The first-order chi connectivity index (χ1) is 8.04. The van der Waals surface area contributed by atoms with E-state index in [-0.39, 0.29) is 0 Å². The van der Waals surface area contributed by atoms with Crippen molar-refractivity contribution >= 4 is 10.4 Å². The monoisotopic (exact) mass is 260 g/mol. The molecule has 2 aliphatic rings. The van der Waals surface area contributed by atoms with E-state index < -0.39 is 10.4 Å². The van der Waals surface area contributed by atoms with Gasteiger partial charge in [-0.3, -0.25) is 4.55 Å². The van der Waals surface area contributed by atoms with Gasteiger partial charge in [0, 0.05) is 25.0 Å². The van der Waals surface area contributed by atoms with Crippen molar-refractivity contribution in [3.8, 4) is 0 Å². The van der Waals surface area contributed by atoms with E-state index in [1.165, 1.54) is 25.5 Å². The summed E-state index contributed by atoms with van der Waals surface area (Å²) < 4.78 is 33.9. The van der Waals surface area contributed by atoms with E-state index in [1.807, 2.05) is 6.08 Å². The number of hydrogen-bond donors (Lipinski definition) is 1. The second kappa shape index (κ2) is 5.07. The molecule has 17 heavy (non-hydrogen) atoms. The van der Waals surface area contributed by atoms with Crippen molar-refractivity contribution in [2.24, 2.45) is 0 Å². The standard InChI is InChI=1S/C10H16N2O4S/c13-17(14,15)16-12-8-4-10(5-9-12)11-6-2-1-3-7-11/h4-5,8H,1-3,6-7,9H2,(H,13,14,15). The van der Waals surface area contributed by atoms with E-state index in [9.17, 15) is 8.42 Å². The van der Waals surface area contributed by atoms with Crippen LogP contribution in [-0.4, -0.2) is 42.6 Å². The van der Waals surface area contributed by atoms with E-state index >= 15 is 0 Å². The zero-order valence-corrected chi connectivity index (χ0v) is 10.3. The molecular formula is C10H16N2O4S. The van der Waals surface area contributed by atoms with Crippen LogP contribution in [0.3, 0.4) is 0 Å². The van der Waals surface area contributed by atoms with Crippen molar-refractivity contribution in [1.29, 1.82) is 0 Å². The second-order valence-corrected chi connectivity index (χ2v) is 5.10. The predicted octanol–water partition coefficient (Wildman–Crippen LogP) is 0.920. The van der Waals surface area contributed by atoms with Gasteiger partial charge in [0.05, 0.1) is 6.54 Å². The first-order valence-corrected chi connectivity index (χ1v) is 6.98. The molecule has 6 nitrogen and oxygen atoms in total. The Labute approximate surface area is 101 Å². The highest BCUT2D eigenvalue weighted by molar-refractivity contribution is 7.80. The van der Waals surface area contributed by atoms with Crippen molar-refractivity contribution in [1.82, 2.24) is 9.96 Å². The van der Waals surface area contributed by atoms with Gasteiger partial charge in [-0.25, -0.2) is 5.06 Å². The van der Waals surface area contributed by atoms with Crippen LogP contribution in [0, 0.1) is 0 Å². The minimum Gasteiger partial charge on any atom is -0.372 e. The van der Waals surface area contributed by atoms with Crippen LogP contribution < -0.4 is 0 Å². The normalized spacial score (nSPS) is 21.6. The lowest BCUT2D eigenvalue weighted by Gasteiger charge is -2.32. The average Bonchev–Trinajstić information content (AvgIpc) is 2.29. The highest BCUT2D eigenvalue weighted by Crippen LogP contribution is 2.18. The molecule has 0 bridgehead atoms. The van der Waals surface area contributed by atoms with Crippen molar-refractivity contribution in [3.63, 3.8) is 0 Å². The van der Waals surface area contributed by atoms with Gasteiger partial charge in [-0.1, -0.05) is 0 Å². The number of piperidine rings is 1. The fraction of sp³-hybridized carbons (Fsp3) is 0.600. The summed E-state index contributed by atoms with van der Waals surface area (Å²) in [6.45, 7) is 2.38. The smallest absolute Gasteiger partial charge is 0.372 e. The predicted molar refractivity (Wildman–Crippen MR) is 62.0 cm³/mol. The number of rotatable bonds is 3. The molecule has 0 atom stereocenters. The SMILES string of the molecule is O=S(=O)(O)ON1C=CC(N2CCCCC2)=CC1. The van der Waals surface area contributed by atoms with Crippen LogP contribution in [-0.2, 0) is 14.7 Å². The Bertz CT molecular complexity index is 424. The van der Waals surface area contributed by atoms with Crippen molar-refractivity contribution < 1.29 is 17.3 Å². The number of hydroxylamine groups is 2. The van der Waals surface area contributed by atoms with Crippen LogP contribution in [0.25, 0.3) is 0 Å². The summed E-state index contributed by atoms with van der Waals surface area (Å²) in [5.74, 6) is 0. The molecule has 0 amide bonds. The Morgan fingerprint density at radius 2 is 1.94 bits per heavy atom. The van der Waals surface area contributed by atoms with Crippen LogP contribution in [0.2, 0.25) is 0 Å². The van der Waals surface area contributed by atoms with Gasteiger partial charge in [0.25, 0.3) is 0 Å². The lowest BCUT2D eigenvalue weighted by molar-refractivity contribution is -0.00242. The first-order valence-electron chi connectivity index (χ1n) is 5.61. The van der Waals surface area contributed by atoms with Crippen LogP contribution in [0.15, 0.2) is 24.0 Å². The largest absolute Gasteiger partial charge is 0.418 e. The summed E-state index contributed by atoms with van der Waals surface area (Å²) in [4.78, 5) is 2.27. The van der Waals surface area contributed by atoms with Crippen LogP contribution in [0.5, 0.6) is 0 Å². The molecule has 0 aromatic carbocycles. The molecule has 1 N–H and O–H groups in total. The molecule has 2 rings (SSSR count). The van der Waals surface area contributed by atoms with Gasteiger partial charge in [0.15, 0.2) is 0 Å². The second-order valence-electron chi connectivity index (χ2n) is 4.09. The Balaban J connectivity index is 1.91. The van der Waals surface area contributed by atoms with Gasteiger partial charge in [-0.2, -0.15) is 8.42 Å². The summed E-state index contributed by atoms with van der Waals surface area (Å²) in [6.07, 6.45) is 8.84. The molecule has 1 saturated heterocycles. The fourth-order valence-corrected chi connectivity index (χ4v) is 2.39. The maximum atomic E-state index is 10.5. The van der Waals surface area contributed by atoms with Crippen molar-refractivity contribution in [3.05, 3.63) is 24.0 Å².